The van der Waals surface area contributed by atoms with E-state index in [9.17, 15) is 14.7 Å². The van der Waals surface area contributed by atoms with Crippen molar-refractivity contribution in [2.75, 3.05) is 32.9 Å². The van der Waals surface area contributed by atoms with E-state index in [1.165, 1.54) is 25.7 Å². The topological polar surface area (TPSA) is 70.1 Å². The van der Waals surface area contributed by atoms with Crippen LogP contribution in [-0.4, -0.2) is 71.7 Å². The standard InChI is InChI=1S/C26H32N2O4/c29-17-23-25(20-9-7-19(8-10-20)6-5-18-3-1-2-4-18)22-15-27(16-24(30)28(22)23)26(31)21-11-13-32-14-12-21/h7-10,18,21-23,25,29H,1-4,11-17H2/t22-,23+,25-/m1/s1. The van der Waals surface area contributed by atoms with Crippen molar-refractivity contribution >= 4 is 11.8 Å². The van der Waals surface area contributed by atoms with Gasteiger partial charge in [-0.25, -0.2) is 0 Å². The largest absolute Gasteiger partial charge is 0.394 e. The maximum atomic E-state index is 13.0. The van der Waals surface area contributed by atoms with Crippen LogP contribution >= 0.6 is 0 Å². The van der Waals surface area contributed by atoms with Crippen LogP contribution in [0.1, 0.15) is 55.6 Å². The fourth-order valence-corrected chi connectivity index (χ4v) is 5.91. The molecule has 0 unspecified atom stereocenters. The summed E-state index contributed by atoms with van der Waals surface area (Å²) in [5.41, 5.74) is 2.11. The number of carbonyl (C=O) groups excluding carboxylic acids is 2. The van der Waals surface area contributed by atoms with E-state index < -0.39 is 0 Å². The molecule has 6 heteroatoms. The number of aliphatic hydroxyl groups excluding tert-OH is 1. The van der Waals surface area contributed by atoms with Crippen LogP contribution in [-0.2, 0) is 14.3 Å². The summed E-state index contributed by atoms with van der Waals surface area (Å²) in [6.45, 7) is 1.81. The Morgan fingerprint density at radius 1 is 1.09 bits per heavy atom. The van der Waals surface area contributed by atoms with Crippen molar-refractivity contribution < 1.29 is 19.4 Å². The molecule has 1 saturated carbocycles. The van der Waals surface area contributed by atoms with Gasteiger partial charge < -0.3 is 19.6 Å². The molecule has 3 aliphatic heterocycles. The van der Waals surface area contributed by atoms with Crippen LogP contribution < -0.4 is 0 Å². The summed E-state index contributed by atoms with van der Waals surface area (Å²) < 4.78 is 5.38. The maximum absolute atomic E-state index is 13.0. The molecule has 3 saturated heterocycles. The molecule has 0 spiro atoms. The summed E-state index contributed by atoms with van der Waals surface area (Å²) >= 11 is 0. The third-order valence-corrected chi connectivity index (χ3v) is 7.71. The Morgan fingerprint density at radius 2 is 1.81 bits per heavy atom. The highest BCUT2D eigenvalue weighted by Gasteiger charge is 2.54. The number of hydrogen-bond donors (Lipinski definition) is 1. The summed E-state index contributed by atoms with van der Waals surface area (Å²) in [7, 11) is 0. The third kappa shape index (κ3) is 4.04. The first-order valence-corrected chi connectivity index (χ1v) is 12.1. The predicted molar refractivity (Wildman–Crippen MR) is 120 cm³/mol. The molecule has 3 heterocycles. The number of piperazine rings is 1. The van der Waals surface area contributed by atoms with Gasteiger partial charge >= 0.3 is 0 Å². The third-order valence-electron chi connectivity index (χ3n) is 7.71. The van der Waals surface area contributed by atoms with Crippen LogP contribution in [0.15, 0.2) is 24.3 Å². The Morgan fingerprint density at radius 3 is 2.50 bits per heavy atom. The number of benzene rings is 1. The van der Waals surface area contributed by atoms with Gasteiger partial charge in [0.15, 0.2) is 0 Å². The zero-order valence-electron chi connectivity index (χ0n) is 18.5. The van der Waals surface area contributed by atoms with E-state index in [-0.39, 0.29) is 48.9 Å². The molecule has 1 aromatic rings. The highest BCUT2D eigenvalue weighted by Crippen LogP contribution is 2.43. The van der Waals surface area contributed by atoms with Crippen molar-refractivity contribution in [3.05, 3.63) is 35.4 Å². The second-order valence-corrected chi connectivity index (χ2v) is 9.62. The number of rotatable bonds is 3. The molecule has 0 aromatic heterocycles. The molecule has 170 valence electrons. The van der Waals surface area contributed by atoms with Crippen molar-refractivity contribution in [1.82, 2.24) is 9.80 Å². The van der Waals surface area contributed by atoms with E-state index in [0.717, 1.165) is 24.0 Å². The van der Waals surface area contributed by atoms with E-state index in [4.69, 9.17) is 4.74 Å². The zero-order valence-corrected chi connectivity index (χ0v) is 18.5. The molecule has 1 aromatic carbocycles. The molecule has 32 heavy (non-hydrogen) atoms. The highest BCUT2D eigenvalue weighted by atomic mass is 16.5. The average Bonchev–Trinajstić information content (AvgIpc) is 3.33. The number of aliphatic hydroxyl groups is 1. The van der Waals surface area contributed by atoms with Crippen LogP contribution in [0, 0.1) is 23.7 Å². The van der Waals surface area contributed by atoms with Gasteiger partial charge in [0.05, 0.1) is 25.2 Å². The Bertz CT molecular complexity index is 906. The molecule has 4 aliphatic rings. The second kappa shape index (κ2) is 9.25. The smallest absolute Gasteiger partial charge is 0.242 e. The number of hydrogen-bond acceptors (Lipinski definition) is 4. The van der Waals surface area contributed by atoms with Gasteiger partial charge in [-0.15, -0.1) is 0 Å². The minimum atomic E-state index is -0.219. The molecular formula is C26H32N2O4. The SMILES string of the molecule is O=C(C1CCOCC1)N1CC(=O)N2[C@H](C1)[C@@H](c1ccc(C#CC3CCCC3)cc1)[C@@H]2CO. The van der Waals surface area contributed by atoms with Gasteiger partial charge in [0.1, 0.15) is 0 Å². The van der Waals surface area contributed by atoms with Crippen molar-refractivity contribution in [3.63, 3.8) is 0 Å². The highest BCUT2D eigenvalue weighted by molar-refractivity contribution is 5.88. The van der Waals surface area contributed by atoms with Crippen LogP contribution in [0.25, 0.3) is 0 Å². The van der Waals surface area contributed by atoms with E-state index in [0.29, 0.717) is 25.7 Å². The number of nitrogens with zero attached hydrogens (tertiary/aromatic N) is 2. The normalized spacial score (nSPS) is 28.7. The first kappa shape index (κ1) is 21.5. The van der Waals surface area contributed by atoms with Gasteiger partial charge in [-0.1, -0.05) is 36.8 Å². The number of ether oxygens (including phenoxy) is 1. The van der Waals surface area contributed by atoms with Crippen molar-refractivity contribution in [1.29, 1.82) is 0 Å². The Hall–Kier alpha value is -2.36. The van der Waals surface area contributed by atoms with Crippen LogP contribution in [0.4, 0.5) is 0 Å². The fraction of sp³-hybridized carbons (Fsp3) is 0.615. The lowest BCUT2D eigenvalue weighted by molar-refractivity contribution is -0.169. The summed E-state index contributed by atoms with van der Waals surface area (Å²) in [5.74, 6) is 7.24. The lowest BCUT2D eigenvalue weighted by Crippen LogP contribution is -2.73. The monoisotopic (exact) mass is 436 g/mol. The Labute approximate surface area is 189 Å². The molecule has 2 amide bonds. The average molecular weight is 437 g/mol. The van der Waals surface area contributed by atoms with Gasteiger partial charge in [-0.05, 0) is 43.4 Å². The van der Waals surface area contributed by atoms with Gasteiger partial charge in [0.2, 0.25) is 11.8 Å². The molecule has 1 aliphatic carbocycles. The molecule has 1 N–H and O–H groups in total. The number of amides is 2. The second-order valence-electron chi connectivity index (χ2n) is 9.62. The van der Waals surface area contributed by atoms with Crippen LogP contribution in [0.3, 0.4) is 0 Å². The van der Waals surface area contributed by atoms with Crippen molar-refractivity contribution in [2.45, 2.75) is 56.5 Å². The fourth-order valence-electron chi connectivity index (χ4n) is 5.91. The number of fused-ring (bicyclic) bond motifs is 1. The first-order valence-electron chi connectivity index (χ1n) is 12.1. The zero-order chi connectivity index (χ0) is 22.1. The van der Waals surface area contributed by atoms with Crippen LogP contribution in [0.5, 0.6) is 0 Å². The first-order chi connectivity index (χ1) is 15.7. The Balaban J connectivity index is 1.30. The summed E-state index contributed by atoms with van der Waals surface area (Å²) in [6.07, 6.45) is 6.44. The molecule has 0 radical (unpaired) electrons. The molecular weight excluding hydrogens is 404 g/mol. The summed E-state index contributed by atoms with van der Waals surface area (Å²) in [6, 6.07) is 7.95. The maximum Gasteiger partial charge on any atom is 0.242 e. The van der Waals surface area contributed by atoms with E-state index in [1.54, 1.807) is 9.80 Å². The van der Waals surface area contributed by atoms with Gasteiger partial charge in [0, 0.05) is 43.1 Å². The molecule has 4 fully saturated rings. The Kier molecular flexibility index (Phi) is 6.21. The lowest BCUT2D eigenvalue weighted by atomic mass is 9.73. The number of carbonyl (C=O) groups is 2. The minimum Gasteiger partial charge on any atom is -0.394 e. The summed E-state index contributed by atoms with van der Waals surface area (Å²) in [4.78, 5) is 29.4. The van der Waals surface area contributed by atoms with Crippen LogP contribution in [0.2, 0.25) is 0 Å². The van der Waals surface area contributed by atoms with Gasteiger partial charge in [-0.3, -0.25) is 9.59 Å². The molecule has 3 atom stereocenters. The lowest BCUT2D eigenvalue weighted by Gasteiger charge is -2.59. The van der Waals surface area contributed by atoms with E-state index >= 15 is 0 Å². The van der Waals surface area contributed by atoms with Gasteiger partial charge in [-0.2, -0.15) is 0 Å². The quantitative estimate of drug-likeness (QED) is 0.738. The summed E-state index contributed by atoms with van der Waals surface area (Å²) in [5, 5.41) is 10.0. The van der Waals surface area contributed by atoms with Gasteiger partial charge in [0.25, 0.3) is 0 Å². The molecule has 0 bridgehead atoms. The predicted octanol–water partition coefficient (Wildman–Crippen LogP) is 2.15. The van der Waals surface area contributed by atoms with E-state index in [1.807, 2.05) is 12.1 Å². The van der Waals surface area contributed by atoms with Crippen molar-refractivity contribution in [3.8, 4) is 11.8 Å². The molecule has 6 nitrogen and oxygen atoms in total. The molecule has 5 rings (SSSR count). The van der Waals surface area contributed by atoms with E-state index in [2.05, 4.69) is 24.0 Å². The minimum absolute atomic E-state index is 0.0334. The van der Waals surface area contributed by atoms with Crippen molar-refractivity contribution in [2.24, 2.45) is 11.8 Å².